The van der Waals surface area contributed by atoms with Gasteiger partial charge in [-0.15, -0.1) is 0 Å². The van der Waals surface area contributed by atoms with Crippen LogP contribution in [-0.2, 0) is 0 Å². The Morgan fingerprint density at radius 3 is 2.09 bits per heavy atom. The zero-order chi connectivity index (χ0) is 8.43. The van der Waals surface area contributed by atoms with E-state index in [0.29, 0.717) is 0 Å². The van der Waals surface area contributed by atoms with Gasteiger partial charge in [-0.05, 0) is 45.2 Å². The Morgan fingerprint density at radius 1 is 1.18 bits per heavy atom. The van der Waals surface area contributed by atoms with Crippen LogP contribution in [0.1, 0.15) is 33.1 Å². The van der Waals surface area contributed by atoms with Gasteiger partial charge in [0.05, 0.1) is 0 Å². The molecule has 1 aliphatic carbocycles. The first-order valence-electron chi connectivity index (χ1n) is 4.77. The first-order chi connectivity index (χ1) is 5.11. The molecule has 0 amide bonds. The zero-order valence-corrected chi connectivity index (χ0v) is 8.30. The molecular formula is C10H21N. The zero-order valence-electron chi connectivity index (χ0n) is 8.30. The van der Waals surface area contributed by atoms with Gasteiger partial charge in [0.2, 0.25) is 0 Å². The van der Waals surface area contributed by atoms with E-state index in [1.165, 1.54) is 19.3 Å². The van der Waals surface area contributed by atoms with Crippen molar-refractivity contribution < 1.29 is 0 Å². The molecule has 1 fully saturated rings. The number of rotatable bonds is 2. The maximum Gasteiger partial charge on any atom is 0.00920 e. The molecule has 1 aliphatic rings. The Hall–Kier alpha value is -0.0400. The van der Waals surface area contributed by atoms with Gasteiger partial charge in [-0.2, -0.15) is 0 Å². The highest BCUT2D eigenvalue weighted by molar-refractivity contribution is 4.81. The molecule has 0 aromatic rings. The molecule has 1 saturated carbocycles. The third-order valence-corrected chi connectivity index (χ3v) is 3.12. The van der Waals surface area contributed by atoms with Crippen molar-refractivity contribution in [3.63, 3.8) is 0 Å². The molecule has 0 saturated heterocycles. The Balaban J connectivity index is 2.35. The molecule has 1 nitrogen and oxygen atoms in total. The summed E-state index contributed by atoms with van der Waals surface area (Å²) in [6, 6.07) is 0.863. The molecule has 2 atom stereocenters. The quantitative estimate of drug-likeness (QED) is 0.592. The first kappa shape index (κ1) is 9.05. The van der Waals surface area contributed by atoms with Crippen LogP contribution in [0.4, 0.5) is 0 Å². The van der Waals surface area contributed by atoms with Gasteiger partial charge in [-0.3, -0.25) is 0 Å². The second-order valence-corrected chi connectivity index (χ2v) is 4.43. The third kappa shape index (κ3) is 2.19. The van der Waals surface area contributed by atoms with Crippen molar-refractivity contribution in [1.29, 1.82) is 0 Å². The molecule has 0 N–H and O–H groups in total. The van der Waals surface area contributed by atoms with Gasteiger partial charge in [0, 0.05) is 6.04 Å². The fourth-order valence-corrected chi connectivity index (χ4v) is 2.07. The molecule has 0 heterocycles. The SMILES string of the molecule is CC(C)C1CC[C@@H](N(C)C)C1. The predicted molar refractivity (Wildman–Crippen MR) is 49.7 cm³/mol. The average molecular weight is 155 g/mol. The highest BCUT2D eigenvalue weighted by Gasteiger charge is 2.27. The molecule has 0 aliphatic heterocycles. The summed E-state index contributed by atoms with van der Waals surface area (Å²) < 4.78 is 0. The van der Waals surface area contributed by atoms with Crippen molar-refractivity contribution in [3.8, 4) is 0 Å². The van der Waals surface area contributed by atoms with E-state index in [9.17, 15) is 0 Å². The van der Waals surface area contributed by atoms with E-state index in [4.69, 9.17) is 0 Å². The molecule has 66 valence electrons. The summed E-state index contributed by atoms with van der Waals surface area (Å²) in [6.07, 6.45) is 4.28. The highest BCUT2D eigenvalue weighted by atomic mass is 15.1. The highest BCUT2D eigenvalue weighted by Crippen LogP contribution is 2.33. The van der Waals surface area contributed by atoms with Crippen LogP contribution in [0.25, 0.3) is 0 Å². The summed E-state index contributed by atoms with van der Waals surface area (Å²) in [7, 11) is 4.40. The van der Waals surface area contributed by atoms with Crippen LogP contribution in [0.3, 0.4) is 0 Å². The van der Waals surface area contributed by atoms with E-state index in [2.05, 4.69) is 32.8 Å². The van der Waals surface area contributed by atoms with E-state index < -0.39 is 0 Å². The smallest absolute Gasteiger partial charge is 0.00920 e. The summed E-state index contributed by atoms with van der Waals surface area (Å²) in [5, 5.41) is 0. The monoisotopic (exact) mass is 155 g/mol. The molecule has 0 bridgehead atoms. The largest absolute Gasteiger partial charge is 0.306 e. The lowest BCUT2D eigenvalue weighted by Crippen LogP contribution is -2.25. The average Bonchev–Trinajstić information content (AvgIpc) is 2.33. The van der Waals surface area contributed by atoms with Crippen LogP contribution in [0.2, 0.25) is 0 Å². The van der Waals surface area contributed by atoms with Crippen molar-refractivity contribution in [1.82, 2.24) is 4.90 Å². The topological polar surface area (TPSA) is 3.24 Å². The van der Waals surface area contributed by atoms with Gasteiger partial charge in [0.15, 0.2) is 0 Å². The minimum absolute atomic E-state index is 0.863. The summed E-state index contributed by atoms with van der Waals surface area (Å²) in [4.78, 5) is 2.38. The molecule has 1 heteroatoms. The van der Waals surface area contributed by atoms with Gasteiger partial charge in [0.25, 0.3) is 0 Å². The molecule has 1 rings (SSSR count). The molecule has 0 radical (unpaired) electrons. The van der Waals surface area contributed by atoms with Gasteiger partial charge in [-0.25, -0.2) is 0 Å². The lowest BCUT2D eigenvalue weighted by Gasteiger charge is -2.20. The lowest BCUT2D eigenvalue weighted by atomic mass is 9.94. The van der Waals surface area contributed by atoms with E-state index in [-0.39, 0.29) is 0 Å². The lowest BCUT2D eigenvalue weighted by molar-refractivity contribution is 0.279. The van der Waals surface area contributed by atoms with Crippen molar-refractivity contribution in [2.45, 2.75) is 39.2 Å². The van der Waals surface area contributed by atoms with Gasteiger partial charge < -0.3 is 4.90 Å². The standard InChI is InChI=1S/C10H21N/c1-8(2)9-5-6-10(7-9)11(3)4/h8-10H,5-7H2,1-4H3/t9?,10-/m1/s1. The first-order valence-corrected chi connectivity index (χ1v) is 4.77. The summed E-state index contributed by atoms with van der Waals surface area (Å²) in [6.45, 7) is 4.70. The molecule has 0 aromatic heterocycles. The van der Waals surface area contributed by atoms with Crippen molar-refractivity contribution in [2.24, 2.45) is 11.8 Å². The summed E-state index contributed by atoms with van der Waals surface area (Å²) in [5.41, 5.74) is 0. The van der Waals surface area contributed by atoms with Crippen LogP contribution in [0.5, 0.6) is 0 Å². The van der Waals surface area contributed by atoms with Crippen LogP contribution in [0, 0.1) is 11.8 Å². The van der Waals surface area contributed by atoms with Crippen molar-refractivity contribution in [3.05, 3.63) is 0 Å². The molecule has 1 unspecified atom stereocenters. The number of hydrogen-bond acceptors (Lipinski definition) is 1. The Bertz CT molecular complexity index is 104. The second kappa shape index (κ2) is 3.57. The van der Waals surface area contributed by atoms with Crippen LogP contribution >= 0.6 is 0 Å². The van der Waals surface area contributed by atoms with E-state index in [0.717, 1.165) is 17.9 Å². The molecule has 11 heavy (non-hydrogen) atoms. The number of nitrogens with zero attached hydrogens (tertiary/aromatic N) is 1. The Kier molecular flexibility index (Phi) is 2.94. The fraction of sp³-hybridized carbons (Fsp3) is 1.00. The van der Waals surface area contributed by atoms with E-state index in [1.807, 2.05) is 0 Å². The Labute approximate surface area is 70.8 Å². The summed E-state index contributed by atoms with van der Waals surface area (Å²) >= 11 is 0. The van der Waals surface area contributed by atoms with Gasteiger partial charge in [-0.1, -0.05) is 13.8 Å². The Morgan fingerprint density at radius 2 is 1.82 bits per heavy atom. The summed E-state index contributed by atoms with van der Waals surface area (Å²) in [5.74, 6) is 1.88. The minimum atomic E-state index is 0.863. The van der Waals surface area contributed by atoms with Crippen molar-refractivity contribution in [2.75, 3.05) is 14.1 Å². The maximum atomic E-state index is 2.38. The second-order valence-electron chi connectivity index (χ2n) is 4.43. The molecular weight excluding hydrogens is 134 g/mol. The van der Waals surface area contributed by atoms with Crippen LogP contribution < -0.4 is 0 Å². The minimum Gasteiger partial charge on any atom is -0.306 e. The van der Waals surface area contributed by atoms with Gasteiger partial charge in [0.1, 0.15) is 0 Å². The fourth-order valence-electron chi connectivity index (χ4n) is 2.07. The normalized spacial score (nSPS) is 32.2. The van der Waals surface area contributed by atoms with Gasteiger partial charge >= 0.3 is 0 Å². The van der Waals surface area contributed by atoms with Crippen LogP contribution in [-0.4, -0.2) is 25.0 Å². The molecule has 0 aromatic carbocycles. The van der Waals surface area contributed by atoms with E-state index >= 15 is 0 Å². The van der Waals surface area contributed by atoms with Crippen molar-refractivity contribution >= 4 is 0 Å². The molecule has 0 spiro atoms. The maximum absolute atomic E-state index is 2.38. The van der Waals surface area contributed by atoms with Crippen LogP contribution in [0.15, 0.2) is 0 Å². The van der Waals surface area contributed by atoms with E-state index in [1.54, 1.807) is 0 Å². The predicted octanol–water partition coefficient (Wildman–Crippen LogP) is 2.37. The third-order valence-electron chi connectivity index (χ3n) is 3.12. The number of hydrogen-bond donors (Lipinski definition) is 0.